The molecule has 2 fully saturated rings. The number of rotatable bonds is 6. The Morgan fingerprint density at radius 1 is 1.10 bits per heavy atom. The first-order valence-electron chi connectivity index (χ1n) is 10.9. The van der Waals surface area contributed by atoms with Crippen LogP contribution in [-0.2, 0) is 16.0 Å². The summed E-state index contributed by atoms with van der Waals surface area (Å²) in [6, 6.07) is 0. The Morgan fingerprint density at radius 3 is 2.52 bits per heavy atom. The summed E-state index contributed by atoms with van der Waals surface area (Å²) in [5, 5.41) is 1.25. The fraction of sp³-hybridized carbons (Fsp3) is 0.727. The van der Waals surface area contributed by atoms with Gasteiger partial charge in [0.15, 0.2) is 0 Å². The number of morpholine rings is 1. The van der Waals surface area contributed by atoms with Crippen molar-refractivity contribution in [3.05, 3.63) is 16.3 Å². The van der Waals surface area contributed by atoms with Gasteiger partial charge in [0.2, 0.25) is 0 Å². The Hall–Kier alpha value is -1.28. The normalized spacial score (nSPS) is 19.6. The van der Waals surface area contributed by atoms with E-state index in [1.54, 1.807) is 11.3 Å². The molecule has 2 aliphatic rings. The number of anilines is 1. The molecule has 0 saturated carbocycles. The summed E-state index contributed by atoms with van der Waals surface area (Å²) in [7, 11) is 0. The van der Waals surface area contributed by atoms with Crippen molar-refractivity contribution in [1.82, 2.24) is 14.9 Å². The van der Waals surface area contributed by atoms with Gasteiger partial charge in [0.1, 0.15) is 16.5 Å². The first kappa shape index (κ1) is 21.0. The molecule has 160 valence electrons. The number of thiophene rings is 1. The third-order valence-corrected chi connectivity index (χ3v) is 7.03. The smallest absolute Gasteiger partial charge is 0.146 e. The molecule has 2 saturated heterocycles. The van der Waals surface area contributed by atoms with Crippen molar-refractivity contribution in [2.45, 2.75) is 53.2 Å². The average Bonchev–Trinajstić information content (AvgIpc) is 3.00. The van der Waals surface area contributed by atoms with Gasteiger partial charge in [0.25, 0.3) is 0 Å². The number of fused-ring (bicyclic) bond motifs is 1. The van der Waals surface area contributed by atoms with E-state index in [1.807, 2.05) is 0 Å². The summed E-state index contributed by atoms with van der Waals surface area (Å²) in [5.41, 5.74) is 1.33. The van der Waals surface area contributed by atoms with Crippen molar-refractivity contribution >= 4 is 27.4 Å². The van der Waals surface area contributed by atoms with Gasteiger partial charge < -0.3 is 14.4 Å². The van der Waals surface area contributed by atoms with Gasteiger partial charge in [-0.1, -0.05) is 13.8 Å². The van der Waals surface area contributed by atoms with Crippen molar-refractivity contribution in [1.29, 1.82) is 0 Å². The molecule has 2 aliphatic heterocycles. The van der Waals surface area contributed by atoms with Crippen molar-refractivity contribution in [3.8, 4) is 0 Å². The Bertz CT molecular complexity index is 824. The van der Waals surface area contributed by atoms with E-state index in [2.05, 4.69) is 37.5 Å². The third-order valence-electron chi connectivity index (χ3n) is 5.93. The maximum Gasteiger partial charge on any atom is 0.146 e. The van der Waals surface area contributed by atoms with Crippen molar-refractivity contribution in [3.63, 3.8) is 0 Å². The molecule has 2 aromatic heterocycles. The number of aromatic nitrogens is 2. The van der Waals surface area contributed by atoms with Crippen LogP contribution < -0.4 is 4.90 Å². The monoisotopic (exact) mass is 418 g/mol. The standard InChI is InChI=1S/C22H34N4O2S/c1-15(2)14-28-18-5-7-26(8-6-18)21-20-16(3)17(4)29-22(20)24-19(23-21)13-25-9-11-27-12-10-25/h15,18H,5-14H2,1-4H3. The van der Waals surface area contributed by atoms with Crippen LogP contribution in [0.2, 0.25) is 0 Å². The number of ether oxygens (including phenoxy) is 2. The zero-order chi connectivity index (χ0) is 20.4. The Balaban J connectivity index is 1.55. The van der Waals surface area contributed by atoms with Crippen LogP contribution in [0.4, 0.5) is 5.82 Å². The first-order valence-corrected chi connectivity index (χ1v) is 11.8. The minimum Gasteiger partial charge on any atom is -0.379 e. The molecule has 4 heterocycles. The number of aryl methyl sites for hydroxylation is 2. The summed E-state index contributed by atoms with van der Waals surface area (Å²) < 4.78 is 11.6. The molecule has 0 bridgehead atoms. The lowest BCUT2D eigenvalue weighted by Gasteiger charge is -2.34. The lowest BCUT2D eigenvalue weighted by molar-refractivity contribution is 0.0214. The lowest BCUT2D eigenvalue weighted by Crippen LogP contribution is -2.39. The van der Waals surface area contributed by atoms with Crippen molar-refractivity contribution < 1.29 is 9.47 Å². The van der Waals surface area contributed by atoms with E-state index in [4.69, 9.17) is 19.4 Å². The van der Waals surface area contributed by atoms with Gasteiger partial charge in [-0.15, -0.1) is 11.3 Å². The second-order valence-electron chi connectivity index (χ2n) is 8.73. The van der Waals surface area contributed by atoms with Crippen molar-refractivity contribution in [2.24, 2.45) is 5.92 Å². The zero-order valence-corrected chi connectivity index (χ0v) is 19.1. The fourth-order valence-corrected chi connectivity index (χ4v) is 5.14. The van der Waals surface area contributed by atoms with Crippen LogP contribution in [0.1, 0.15) is 43.0 Å². The summed E-state index contributed by atoms with van der Waals surface area (Å²) in [6.07, 6.45) is 2.52. The Morgan fingerprint density at radius 2 is 1.83 bits per heavy atom. The van der Waals surface area contributed by atoms with E-state index in [9.17, 15) is 0 Å². The number of hydrogen-bond donors (Lipinski definition) is 0. The lowest BCUT2D eigenvalue weighted by atomic mass is 10.1. The SMILES string of the molecule is Cc1sc2nc(CN3CCOCC3)nc(N3CCC(OCC(C)C)CC3)c2c1C. The molecule has 0 amide bonds. The van der Waals surface area contributed by atoms with Gasteiger partial charge in [-0.3, -0.25) is 4.90 Å². The summed E-state index contributed by atoms with van der Waals surface area (Å²) >= 11 is 1.80. The predicted molar refractivity (Wildman–Crippen MR) is 119 cm³/mol. The van der Waals surface area contributed by atoms with Crippen LogP contribution in [0.25, 0.3) is 10.2 Å². The Kier molecular flexibility index (Phi) is 6.69. The molecule has 0 atom stereocenters. The topological polar surface area (TPSA) is 50.7 Å². The maximum atomic E-state index is 6.09. The fourth-order valence-electron chi connectivity index (χ4n) is 4.09. The van der Waals surface area contributed by atoms with Crippen molar-refractivity contribution in [2.75, 3.05) is 50.9 Å². The number of piperidine rings is 1. The van der Waals surface area contributed by atoms with Gasteiger partial charge in [0.05, 0.1) is 31.2 Å². The van der Waals surface area contributed by atoms with E-state index in [1.165, 1.54) is 15.8 Å². The Labute approximate surface area is 178 Å². The average molecular weight is 419 g/mol. The van der Waals surface area contributed by atoms with E-state index in [0.29, 0.717) is 12.0 Å². The highest BCUT2D eigenvalue weighted by Gasteiger charge is 2.25. The van der Waals surface area contributed by atoms with Gasteiger partial charge in [-0.2, -0.15) is 0 Å². The quantitative estimate of drug-likeness (QED) is 0.712. The van der Waals surface area contributed by atoms with Crippen LogP contribution in [-0.4, -0.2) is 67.0 Å². The highest BCUT2D eigenvalue weighted by molar-refractivity contribution is 7.18. The summed E-state index contributed by atoms with van der Waals surface area (Å²) in [5.74, 6) is 2.66. The largest absolute Gasteiger partial charge is 0.379 e. The minimum atomic E-state index is 0.379. The molecule has 29 heavy (non-hydrogen) atoms. The summed E-state index contributed by atoms with van der Waals surface area (Å²) in [4.78, 5) is 17.4. The third kappa shape index (κ3) is 4.90. The molecule has 0 aliphatic carbocycles. The molecule has 0 radical (unpaired) electrons. The van der Waals surface area contributed by atoms with E-state index >= 15 is 0 Å². The van der Waals surface area contributed by atoms with Gasteiger partial charge in [-0.05, 0) is 38.2 Å². The number of hydrogen-bond acceptors (Lipinski definition) is 7. The molecule has 4 rings (SSSR count). The molecule has 6 nitrogen and oxygen atoms in total. The predicted octanol–water partition coefficient (Wildman–Crippen LogP) is 3.78. The highest BCUT2D eigenvalue weighted by atomic mass is 32.1. The van der Waals surface area contributed by atoms with Gasteiger partial charge in [-0.25, -0.2) is 9.97 Å². The molecule has 2 aromatic rings. The van der Waals surface area contributed by atoms with E-state index < -0.39 is 0 Å². The molecular formula is C22H34N4O2S. The van der Waals surface area contributed by atoms with Crippen LogP contribution in [0, 0.1) is 19.8 Å². The van der Waals surface area contributed by atoms with E-state index in [-0.39, 0.29) is 0 Å². The van der Waals surface area contributed by atoms with E-state index in [0.717, 1.165) is 81.9 Å². The molecule has 0 aromatic carbocycles. The minimum absolute atomic E-state index is 0.379. The van der Waals surface area contributed by atoms with Crippen LogP contribution >= 0.6 is 11.3 Å². The molecule has 0 spiro atoms. The second-order valence-corrected chi connectivity index (χ2v) is 9.93. The zero-order valence-electron chi connectivity index (χ0n) is 18.2. The first-order chi connectivity index (χ1) is 14.0. The van der Waals surface area contributed by atoms with Gasteiger partial charge in [0, 0.05) is 37.7 Å². The second kappa shape index (κ2) is 9.25. The molecule has 0 N–H and O–H groups in total. The molecule has 0 unspecified atom stereocenters. The van der Waals surface area contributed by atoms with Gasteiger partial charge >= 0.3 is 0 Å². The summed E-state index contributed by atoms with van der Waals surface area (Å²) in [6.45, 7) is 16.0. The van der Waals surface area contributed by atoms with Crippen LogP contribution in [0.5, 0.6) is 0 Å². The van der Waals surface area contributed by atoms with Crippen LogP contribution in [0.15, 0.2) is 0 Å². The molecule has 7 heteroatoms. The van der Waals surface area contributed by atoms with Crippen LogP contribution in [0.3, 0.4) is 0 Å². The molecular weight excluding hydrogens is 384 g/mol. The number of nitrogens with zero attached hydrogens (tertiary/aromatic N) is 4. The highest BCUT2D eigenvalue weighted by Crippen LogP contribution is 2.36. The maximum absolute atomic E-state index is 6.09.